The third kappa shape index (κ3) is 4.53. The van der Waals surface area contributed by atoms with E-state index in [1.54, 1.807) is 37.4 Å². The number of benzene rings is 2. The van der Waals surface area contributed by atoms with Gasteiger partial charge in [0.05, 0.1) is 23.3 Å². The monoisotopic (exact) mass is 465 g/mol. The Bertz CT molecular complexity index is 1350. The summed E-state index contributed by atoms with van der Waals surface area (Å²) in [4.78, 5) is 16.3. The lowest BCUT2D eigenvalue weighted by Crippen LogP contribution is -2.32. The molecule has 0 aliphatic heterocycles. The molecule has 0 saturated heterocycles. The number of hydrogen-bond acceptors (Lipinski definition) is 6. The first-order valence-corrected chi connectivity index (χ1v) is 10.8. The fourth-order valence-electron chi connectivity index (χ4n) is 3.79. The predicted octanol–water partition coefficient (Wildman–Crippen LogP) is 4.07. The first-order chi connectivity index (χ1) is 16.3. The van der Waals surface area contributed by atoms with Crippen LogP contribution in [0.1, 0.15) is 35.8 Å². The quantitative estimate of drug-likeness (QED) is 0.311. The molecule has 0 aliphatic carbocycles. The van der Waals surface area contributed by atoms with Crippen LogP contribution in [0.25, 0.3) is 10.9 Å². The summed E-state index contributed by atoms with van der Waals surface area (Å²) in [7, 11) is 0. The Labute approximate surface area is 195 Å². The van der Waals surface area contributed by atoms with Crippen LogP contribution in [0.2, 0.25) is 0 Å². The zero-order chi connectivity index (χ0) is 24.4. The highest BCUT2D eigenvalue weighted by molar-refractivity contribution is 5.99. The van der Waals surface area contributed by atoms with Crippen molar-refractivity contribution in [2.45, 2.75) is 32.5 Å². The van der Waals surface area contributed by atoms with Crippen molar-refractivity contribution in [1.29, 1.82) is 0 Å². The van der Waals surface area contributed by atoms with Gasteiger partial charge in [-0.2, -0.15) is 5.10 Å². The van der Waals surface area contributed by atoms with Gasteiger partial charge in [-0.3, -0.25) is 9.48 Å². The fourth-order valence-corrected chi connectivity index (χ4v) is 3.79. The fraction of sp³-hybridized carbons (Fsp3) is 0.208. The van der Waals surface area contributed by atoms with Gasteiger partial charge in [0.2, 0.25) is 0 Å². The van der Waals surface area contributed by atoms with E-state index in [1.807, 2.05) is 23.7 Å². The van der Waals surface area contributed by atoms with Gasteiger partial charge in [0.25, 0.3) is 5.91 Å². The molecule has 0 spiro atoms. The number of hydrogen-bond donors (Lipinski definition) is 4. The SMILES string of the molecule is CCn1ncc2cc(Nc3nc(N[C@H](c4ccccc4F)[C@H](C)N)c(F)cc3C(N)=O)ccc21. The van der Waals surface area contributed by atoms with Crippen molar-refractivity contribution in [2.75, 3.05) is 10.6 Å². The normalized spacial score (nSPS) is 13.0. The molecule has 34 heavy (non-hydrogen) atoms. The van der Waals surface area contributed by atoms with Crippen LogP contribution >= 0.6 is 0 Å². The van der Waals surface area contributed by atoms with E-state index in [4.69, 9.17) is 11.5 Å². The van der Waals surface area contributed by atoms with Crippen molar-refractivity contribution < 1.29 is 13.6 Å². The topological polar surface area (TPSA) is 124 Å². The Morgan fingerprint density at radius 3 is 2.56 bits per heavy atom. The molecule has 176 valence electrons. The Hall–Kier alpha value is -4.05. The Morgan fingerprint density at radius 1 is 1.12 bits per heavy atom. The van der Waals surface area contributed by atoms with Crippen molar-refractivity contribution in [3.63, 3.8) is 0 Å². The van der Waals surface area contributed by atoms with Gasteiger partial charge in [-0.15, -0.1) is 0 Å². The van der Waals surface area contributed by atoms with Crippen molar-refractivity contribution in [3.05, 3.63) is 77.5 Å². The number of amides is 1. The highest BCUT2D eigenvalue weighted by atomic mass is 19.1. The number of fused-ring (bicyclic) bond motifs is 1. The van der Waals surface area contributed by atoms with E-state index in [2.05, 4.69) is 20.7 Å². The van der Waals surface area contributed by atoms with Gasteiger partial charge < -0.3 is 22.1 Å². The van der Waals surface area contributed by atoms with E-state index in [0.29, 0.717) is 5.69 Å². The minimum atomic E-state index is -0.849. The van der Waals surface area contributed by atoms with E-state index in [0.717, 1.165) is 23.5 Å². The lowest BCUT2D eigenvalue weighted by atomic mass is 10.0. The number of rotatable bonds is 8. The number of aryl methyl sites for hydroxylation is 1. The molecule has 4 rings (SSSR count). The van der Waals surface area contributed by atoms with E-state index in [9.17, 15) is 13.6 Å². The second kappa shape index (κ2) is 9.44. The van der Waals surface area contributed by atoms with Crippen molar-refractivity contribution in [1.82, 2.24) is 14.8 Å². The maximum absolute atomic E-state index is 14.9. The van der Waals surface area contributed by atoms with Crippen LogP contribution in [0.15, 0.2) is 54.7 Å². The molecule has 0 aliphatic rings. The molecule has 0 unspecified atom stereocenters. The molecule has 2 aromatic heterocycles. The number of halogens is 2. The molecule has 10 heteroatoms. The van der Waals surface area contributed by atoms with Crippen LogP contribution in [0, 0.1) is 11.6 Å². The molecule has 6 N–H and O–H groups in total. The summed E-state index contributed by atoms with van der Waals surface area (Å²) in [6, 6.07) is 11.2. The first kappa shape index (κ1) is 23.1. The molecular formula is C24H25F2N7O. The first-order valence-electron chi connectivity index (χ1n) is 10.8. The van der Waals surface area contributed by atoms with Gasteiger partial charge in [-0.1, -0.05) is 18.2 Å². The summed E-state index contributed by atoms with van der Waals surface area (Å²) in [5.41, 5.74) is 13.2. The molecule has 2 heterocycles. The van der Waals surface area contributed by atoms with E-state index >= 15 is 0 Å². The standard InChI is InChI=1S/C24H25F2N7O/c1-3-33-20-9-8-15(10-14(20)12-29-33)30-23-17(22(28)34)11-19(26)24(32-23)31-21(13(2)27)16-6-4-5-7-18(16)25/h4-13,21H,3,27H2,1-2H3,(H2,28,34)(H2,30,31,32)/t13-,21-/m0/s1. The largest absolute Gasteiger partial charge is 0.365 e. The number of carbonyl (C=O) groups is 1. The highest BCUT2D eigenvalue weighted by Gasteiger charge is 2.23. The summed E-state index contributed by atoms with van der Waals surface area (Å²) in [6.07, 6.45) is 1.73. The van der Waals surface area contributed by atoms with Crippen LogP contribution in [-0.4, -0.2) is 26.7 Å². The second-order valence-corrected chi connectivity index (χ2v) is 7.94. The van der Waals surface area contributed by atoms with Gasteiger partial charge in [0, 0.05) is 29.2 Å². The number of anilines is 3. The number of pyridine rings is 1. The maximum Gasteiger partial charge on any atom is 0.252 e. The molecular weight excluding hydrogens is 440 g/mol. The molecule has 8 nitrogen and oxygen atoms in total. The van der Waals surface area contributed by atoms with E-state index in [1.165, 1.54) is 6.07 Å². The van der Waals surface area contributed by atoms with Gasteiger partial charge in [-0.05, 0) is 44.2 Å². The maximum atomic E-state index is 14.9. The number of nitrogens with zero attached hydrogens (tertiary/aromatic N) is 3. The lowest BCUT2D eigenvalue weighted by Gasteiger charge is -2.24. The number of carbonyl (C=O) groups excluding carboxylic acids is 1. The zero-order valence-electron chi connectivity index (χ0n) is 18.7. The molecule has 0 radical (unpaired) electrons. The van der Waals surface area contributed by atoms with Gasteiger partial charge in [0.1, 0.15) is 11.6 Å². The Balaban J connectivity index is 1.72. The van der Waals surface area contributed by atoms with Gasteiger partial charge >= 0.3 is 0 Å². The Morgan fingerprint density at radius 2 is 1.88 bits per heavy atom. The number of primary amides is 1. The predicted molar refractivity (Wildman–Crippen MR) is 128 cm³/mol. The average molecular weight is 466 g/mol. The summed E-state index contributed by atoms with van der Waals surface area (Å²) in [5.74, 6) is -2.29. The van der Waals surface area contributed by atoms with Crippen molar-refractivity contribution in [3.8, 4) is 0 Å². The summed E-state index contributed by atoms with van der Waals surface area (Å²) in [5, 5.41) is 11.1. The van der Waals surface area contributed by atoms with Crippen LogP contribution in [0.3, 0.4) is 0 Å². The number of nitrogens with one attached hydrogen (secondary N) is 2. The molecule has 0 bridgehead atoms. The molecule has 0 saturated carbocycles. The summed E-state index contributed by atoms with van der Waals surface area (Å²) < 4.78 is 31.2. The average Bonchev–Trinajstić information content (AvgIpc) is 3.21. The molecule has 2 atom stereocenters. The van der Waals surface area contributed by atoms with Crippen LogP contribution in [0.5, 0.6) is 0 Å². The van der Waals surface area contributed by atoms with Gasteiger partial charge in [0.15, 0.2) is 11.6 Å². The Kier molecular flexibility index (Phi) is 6.42. The summed E-state index contributed by atoms with van der Waals surface area (Å²) >= 11 is 0. The highest BCUT2D eigenvalue weighted by Crippen LogP contribution is 2.29. The zero-order valence-corrected chi connectivity index (χ0v) is 18.7. The molecule has 2 aromatic carbocycles. The lowest BCUT2D eigenvalue weighted by molar-refractivity contribution is 0.100. The number of nitrogens with two attached hydrogens (primary N) is 2. The number of aromatic nitrogens is 3. The minimum Gasteiger partial charge on any atom is -0.365 e. The smallest absolute Gasteiger partial charge is 0.252 e. The molecule has 0 fully saturated rings. The summed E-state index contributed by atoms with van der Waals surface area (Å²) in [6.45, 7) is 4.38. The van der Waals surface area contributed by atoms with Crippen LogP contribution in [-0.2, 0) is 6.54 Å². The van der Waals surface area contributed by atoms with Crippen molar-refractivity contribution >= 4 is 34.1 Å². The van der Waals surface area contributed by atoms with E-state index in [-0.39, 0.29) is 22.8 Å². The second-order valence-electron chi connectivity index (χ2n) is 7.94. The van der Waals surface area contributed by atoms with Crippen LogP contribution in [0.4, 0.5) is 26.1 Å². The third-order valence-corrected chi connectivity index (χ3v) is 5.50. The molecule has 1 amide bonds. The van der Waals surface area contributed by atoms with Crippen molar-refractivity contribution in [2.24, 2.45) is 11.5 Å². The third-order valence-electron chi connectivity index (χ3n) is 5.50. The minimum absolute atomic E-state index is 0.0515. The van der Waals surface area contributed by atoms with Gasteiger partial charge in [-0.25, -0.2) is 13.8 Å². The molecule has 4 aromatic rings. The van der Waals surface area contributed by atoms with Crippen LogP contribution < -0.4 is 22.1 Å². The van der Waals surface area contributed by atoms with E-state index < -0.39 is 29.6 Å².